The maximum atomic E-state index is 12.3. The molecule has 0 unspecified atom stereocenters. The molecule has 0 heterocycles. The zero-order valence-corrected chi connectivity index (χ0v) is 9.27. The Morgan fingerprint density at radius 3 is 2.36 bits per heavy atom. The van der Waals surface area contributed by atoms with Gasteiger partial charge in [0.2, 0.25) is 0 Å². The van der Waals surface area contributed by atoms with Crippen molar-refractivity contribution < 1.29 is 13.2 Å². The fraction of sp³-hybridized carbons (Fsp3) is 0.222. The summed E-state index contributed by atoms with van der Waals surface area (Å²) in [5.74, 6) is 0. The van der Waals surface area contributed by atoms with Crippen molar-refractivity contribution in [2.75, 3.05) is 0 Å². The van der Waals surface area contributed by atoms with Crippen LogP contribution in [-0.2, 0) is 6.18 Å². The molecule has 0 atom stereocenters. The fourth-order valence-corrected chi connectivity index (χ4v) is 1.58. The van der Waals surface area contributed by atoms with Gasteiger partial charge in [-0.05, 0) is 47.2 Å². The largest absolute Gasteiger partial charge is 0.416 e. The Morgan fingerprint density at radius 1 is 1.36 bits per heavy atom. The summed E-state index contributed by atoms with van der Waals surface area (Å²) in [6.45, 7) is 1.63. The van der Waals surface area contributed by atoms with Gasteiger partial charge in [0.1, 0.15) is 0 Å². The molecule has 1 nitrogen and oxygen atoms in total. The third kappa shape index (κ3) is 2.18. The van der Waals surface area contributed by atoms with E-state index in [0.29, 0.717) is 9.13 Å². The van der Waals surface area contributed by atoms with Crippen LogP contribution in [0.25, 0.3) is 0 Å². The normalized spacial score (nSPS) is 11.1. The van der Waals surface area contributed by atoms with Crippen LogP contribution in [-0.4, -0.2) is 0 Å². The monoisotopic (exact) mass is 311 g/mol. The molecule has 74 valence electrons. The van der Waals surface area contributed by atoms with Crippen molar-refractivity contribution in [1.82, 2.24) is 0 Å². The van der Waals surface area contributed by atoms with E-state index in [1.807, 2.05) is 0 Å². The Labute approximate surface area is 92.7 Å². The molecule has 0 spiro atoms. The van der Waals surface area contributed by atoms with Gasteiger partial charge in [-0.15, -0.1) is 0 Å². The maximum Gasteiger partial charge on any atom is 0.416 e. The SMILES string of the molecule is Cc1c(I)cc(C(F)(F)F)cc1C#N. The highest BCUT2D eigenvalue weighted by Gasteiger charge is 2.31. The lowest BCUT2D eigenvalue weighted by Crippen LogP contribution is -2.06. The van der Waals surface area contributed by atoms with Crippen molar-refractivity contribution in [3.05, 3.63) is 32.4 Å². The zero-order valence-electron chi connectivity index (χ0n) is 7.11. The standard InChI is InChI=1S/C9H5F3IN/c1-5-6(4-14)2-7(3-8(5)13)9(10,11)12/h2-3H,1H3. The second kappa shape index (κ2) is 3.77. The summed E-state index contributed by atoms with van der Waals surface area (Å²) >= 11 is 1.79. The first-order valence-corrected chi connectivity index (χ1v) is 4.71. The molecule has 0 radical (unpaired) electrons. The number of hydrogen-bond acceptors (Lipinski definition) is 1. The summed E-state index contributed by atoms with van der Waals surface area (Å²) in [6, 6.07) is 3.65. The third-order valence-electron chi connectivity index (χ3n) is 1.79. The molecule has 0 bridgehead atoms. The second-order valence-corrected chi connectivity index (χ2v) is 3.90. The molecule has 0 amide bonds. The topological polar surface area (TPSA) is 23.8 Å². The minimum Gasteiger partial charge on any atom is -0.192 e. The van der Waals surface area contributed by atoms with Gasteiger partial charge in [-0.1, -0.05) is 0 Å². The second-order valence-electron chi connectivity index (χ2n) is 2.74. The summed E-state index contributed by atoms with van der Waals surface area (Å²) in [5.41, 5.74) is -0.116. The van der Waals surface area contributed by atoms with Crippen molar-refractivity contribution in [3.8, 4) is 6.07 Å². The first-order valence-electron chi connectivity index (χ1n) is 3.63. The Hall–Kier alpha value is -0.770. The minimum absolute atomic E-state index is 0.0734. The van der Waals surface area contributed by atoms with Crippen molar-refractivity contribution in [1.29, 1.82) is 5.26 Å². The molecular formula is C9H5F3IN. The molecule has 0 saturated carbocycles. The number of rotatable bonds is 0. The number of alkyl halides is 3. The van der Waals surface area contributed by atoms with Crippen molar-refractivity contribution in [3.63, 3.8) is 0 Å². The molecule has 0 N–H and O–H groups in total. The zero-order chi connectivity index (χ0) is 10.9. The van der Waals surface area contributed by atoms with Crippen LogP contribution >= 0.6 is 22.6 Å². The number of nitriles is 1. The summed E-state index contributed by atoms with van der Waals surface area (Å²) in [7, 11) is 0. The Balaban J connectivity index is 3.40. The number of benzene rings is 1. The van der Waals surface area contributed by atoms with Gasteiger partial charge >= 0.3 is 6.18 Å². The maximum absolute atomic E-state index is 12.3. The quantitative estimate of drug-likeness (QED) is 0.673. The molecule has 0 aliphatic heterocycles. The Kier molecular flexibility index (Phi) is 3.04. The van der Waals surface area contributed by atoms with Gasteiger partial charge in [0.15, 0.2) is 0 Å². The van der Waals surface area contributed by atoms with Crippen molar-refractivity contribution in [2.45, 2.75) is 13.1 Å². The van der Waals surface area contributed by atoms with E-state index < -0.39 is 11.7 Å². The van der Waals surface area contributed by atoms with E-state index in [4.69, 9.17) is 5.26 Å². The predicted octanol–water partition coefficient (Wildman–Crippen LogP) is 3.49. The highest BCUT2D eigenvalue weighted by Crippen LogP contribution is 2.32. The Morgan fingerprint density at radius 2 is 1.93 bits per heavy atom. The lowest BCUT2D eigenvalue weighted by molar-refractivity contribution is -0.137. The van der Waals surface area contributed by atoms with Gasteiger partial charge in [-0.3, -0.25) is 0 Å². The van der Waals surface area contributed by atoms with Crippen molar-refractivity contribution >= 4 is 22.6 Å². The molecular weight excluding hydrogens is 306 g/mol. The lowest BCUT2D eigenvalue weighted by Gasteiger charge is -2.09. The highest BCUT2D eigenvalue weighted by molar-refractivity contribution is 14.1. The van der Waals surface area contributed by atoms with Gasteiger partial charge in [-0.25, -0.2) is 0 Å². The van der Waals surface area contributed by atoms with Gasteiger partial charge in [0, 0.05) is 3.57 Å². The number of halogens is 4. The smallest absolute Gasteiger partial charge is 0.192 e. The summed E-state index contributed by atoms with van der Waals surface area (Å²) in [6.07, 6.45) is -4.39. The Bertz CT molecular complexity index is 404. The third-order valence-corrected chi connectivity index (χ3v) is 2.91. The van der Waals surface area contributed by atoms with E-state index in [9.17, 15) is 13.2 Å². The summed E-state index contributed by atoms with van der Waals surface area (Å²) in [4.78, 5) is 0. The number of nitrogens with zero attached hydrogens (tertiary/aromatic N) is 1. The van der Waals surface area contributed by atoms with E-state index >= 15 is 0 Å². The van der Waals surface area contributed by atoms with E-state index in [0.717, 1.165) is 12.1 Å². The average Bonchev–Trinajstić information content (AvgIpc) is 2.07. The minimum atomic E-state index is -4.39. The molecule has 5 heteroatoms. The molecule has 1 rings (SSSR count). The van der Waals surface area contributed by atoms with Crippen LogP contribution in [0.15, 0.2) is 12.1 Å². The molecule has 1 aromatic rings. The van der Waals surface area contributed by atoms with Crippen LogP contribution in [0.4, 0.5) is 13.2 Å². The van der Waals surface area contributed by atoms with E-state index in [1.54, 1.807) is 35.6 Å². The summed E-state index contributed by atoms with van der Waals surface area (Å²) in [5, 5.41) is 8.61. The van der Waals surface area contributed by atoms with Crippen LogP contribution in [0.1, 0.15) is 16.7 Å². The molecule has 1 aromatic carbocycles. The van der Waals surface area contributed by atoms with Gasteiger partial charge in [0.05, 0.1) is 17.2 Å². The molecule has 0 aliphatic rings. The van der Waals surface area contributed by atoms with Crippen molar-refractivity contribution in [2.24, 2.45) is 0 Å². The molecule has 14 heavy (non-hydrogen) atoms. The molecule has 0 fully saturated rings. The van der Waals surface area contributed by atoms with Crippen LogP contribution in [0.5, 0.6) is 0 Å². The highest BCUT2D eigenvalue weighted by atomic mass is 127. The fourth-order valence-electron chi connectivity index (χ4n) is 0.959. The number of hydrogen-bond donors (Lipinski definition) is 0. The van der Waals surface area contributed by atoms with Gasteiger partial charge in [0.25, 0.3) is 0 Å². The van der Waals surface area contributed by atoms with E-state index in [2.05, 4.69) is 0 Å². The summed E-state index contributed by atoms with van der Waals surface area (Å²) < 4.78 is 37.4. The van der Waals surface area contributed by atoms with Crippen LogP contribution < -0.4 is 0 Å². The lowest BCUT2D eigenvalue weighted by atomic mass is 10.1. The van der Waals surface area contributed by atoms with Gasteiger partial charge in [-0.2, -0.15) is 18.4 Å². The van der Waals surface area contributed by atoms with Crippen LogP contribution in [0.3, 0.4) is 0 Å². The van der Waals surface area contributed by atoms with Gasteiger partial charge < -0.3 is 0 Å². The average molecular weight is 311 g/mol. The predicted molar refractivity (Wildman–Crippen MR) is 53.6 cm³/mol. The first-order chi connectivity index (χ1) is 6.36. The molecule has 0 saturated heterocycles. The molecule has 0 aromatic heterocycles. The van der Waals surface area contributed by atoms with E-state index in [-0.39, 0.29) is 5.56 Å². The van der Waals surface area contributed by atoms with Crippen LogP contribution in [0.2, 0.25) is 0 Å². The van der Waals surface area contributed by atoms with Crippen LogP contribution in [0, 0.1) is 21.8 Å². The molecule has 0 aliphatic carbocycles. The van der Waals surface area contributed by atoms with E-state index in [1.165, 1.54) is 0 Å². The first kappa shape index (κ1) is 11.3.